The highest BCUT2D eigenvalue weighted by molar-refractivity contribution is 5.02. The molecule has 1 saturated carbocycles. The van der Waals surface area contributed by atoms with E-state index in [1.54, 1.807) is 0 Å². The van der Waals surface area contributed by atoms with E-state index in [4.69, 9.17) is 4.52 Å². The lowest BCUT2D eigenvalue weighted by Crippen LogP contribution is -2.31. The molecule has 5 heteroatoms. The van der Waals surface area contributed by atoms with Gasteiger partial charge in [0.2, 0.25) is 5.89 Å². The third kappa shape index (κ3) is 2.50. The molecule has 1 aromatic rings. The molecule has 1 aliphatic carbocycles. The first-order valence-electron chi connectivity index (χ1n) is 6.52. The third-order valence-electron chi connectivity index (χ3n) is 3.82. The summed E-state index contributed by atoms with van der Waals surface area (Å²) in [6.07, 6.45) is 4.77. The van der Waals surface area contributed by atoms with Crippen molar-refractivity contribution < 1.29 is 9.63 Å². The number of nitrogens with zero attached hydrogens (tertiary/aromatic N) is 2. The van der Waals surface area contributed by atoms with Crippen molar-refractivity contribution in [1.29, 1.82) is 0 Å². The van der Waals surface area contributed by atoms with E-state index in [2.05, 4.69) is 15.5 Å². The molecular formula is C12H19N3O2. The summed E-state index contributed by atoms with van der Waals surface area (Å²) in [7, 11) is 0. The lowest BCUT2D eigenvalue weighted by Gasteiger charge is -2.27. The summed E-state index contributed by atoms with van der Waals surface area (Å²) in [4.78, 5) is 4.44. The topological polar surface area (TPSA) is 71.2 Å². The smallest absolute Gasteiger partial charge is 0.229 e. The van der Waals surface area contributed by atoms with Crippen LogP contribution in [0.15, 0.2) is 4.52 Å². The Labute approximate surface area is 101 Å². The molecule has 1 aliphatic heterocycles. The second kappa shape index (κ2) is 4.74. The second-order valence-electron chi connectivity index (χ2n) is 5.29. The van der Waals surface area contributed by atoms with Crippen LogP contribution in [-0.2, 0) is 6.42 Å². The maximum Gasteiger partial charge on any atom is 0.229 e. The van der Waals surface area contributed by atoms with Gasteiger partial charge in [-0.1, -0.05) is 5.16 Å². The molecule has 1 unspecified atom stereocenters. The van der Waals surface area contributed by atoms with Gasteiger partial charge in [-0.3, -0.25) is 0 Å². The maximum absolute atomic E-state index is 9.25. The van der Waals surface area contributed by atoms with Crippen molar-refractivity contribution in [1.82, 2.24) is 15.5 Å². The molecule has 0 aromatic carbocycles. The van der Waals surface area contributed by atoms with Gasteiger partial charge in [-0.2, -0.15) is 4.98 Å². The highest BCUT2D eigenvalue weighted by Gasteiger charge is 2.33. The zero-order valence-electron chi connectivity index (χ0n) is 9.93. The quantitative estimate of drug-likeness (QED) is 0.815. The van der Waals surface area contributed by atoms with Crippen molar-refractivity contribution in [3.8, 4) is 0 Å². The fourth-order valence-corrected chi connectivity index (χ4v) is 2.66. The van der Waals surface area contributed by atoms with Crippen molar-refractivity contribution in [3.05, 3.63) is 11.7 Å². The molecule has 0 amide bonds. The molecule has 94 valence electrons. The molecular weight excluding hydrogens is 218 g/mol. The largest absolute Gasteiger partial charge is 0.393 e. The molecule has 1 aromatic heterocycles. The average Bonchev–Trinajstić information content (AvgIpc) is 2.74. The standard InChI is InChI=1S/C12H19N3O2/c16-10-5-9(6-10)12-14-11(15-17-12)4-8-2-1-3-13-7-8/h8-10,13,16H,1-7H2. The fourth-order valence-electron chi connectivity index (χ4n) is 2.66. The van der Waals surface area contributed by atoms with Gasteiger partial charge in [0.1, 0.15) is 0 Å². The van der Waals surface area contributed by atoms with Crippen LogP contribution in [-0.4, -0.2) is 34.4 Å². The van der Waals surface area contributed by atoms with Gasteiger partial charge in [0.05, 0.1) is 6.10 Å². The molecule has 2 N–H and O–H groups in total. The van der Waals surface area contributed by atoms with Gasteiger partial charge in [-0.25, -0.2) is 0 Å². The second-order valence-corrected chi connectivity index (χ2v) is 5.29. The summed E-state index contributed by atoms with van der Waals surface area (Å²) >= 11 is 0. The predicted octanol–water partition coefficient (Wildman–Crippen LogP) is 0.850. The summed E-state index contributed by atoms with van der Waals surface area (Å²) in [6, 6.07) is 0. The van der Waals surface area contributed by atoms with Gasteiger partial charge in [-0.05, 0) is 44.7 Å². The van der Waals surface area contributed by atoms with Gasteiger partial charge in [0, 0.05) is 12.3 Å². The van der Waals surface area contributed by atoms with Crippen LogP contribution >= 0.6 is 0 Å². The molecule has 5 nitrogen and oxygen atoms in total. The summed E-state index contributed by atoms with van der Waals surface area (Å²) in [5.74, 6) is 2.47. The van der Waals surface area contributed by atoms with Gasteiger partial charge in [0.25, 0.3) is 0 Å². The van der Waals surface area contributed by atoms with Crippen LogP contribution in [0.4, 0.5) is 0 Å². The first-order chi connectivity index (χ1) is 8.31. The molecule has 1 atom stereocenters. The molecule has 2 aliphatic rings. The summed E-state index contributed by atoms with van der Waals surface area (Å²) in [5, 5.41) is 16.7. The van der Waals surface area contributed by atoms with Crippen LogP contribution in [0.3, 0.4) is 0 Å². The zero-order chi connectivity index (χ0) is 11.7. The zero-order valence-corrected chi connectivity index (χ0v) is 9.93. The summed E-state index contributed by atoms with van der Waals surface area (Å²) in [6.45, 7) is 2.19. The summed E-state index contributed by atoms with van der Waals surface area (Å²) in [5.41, 5.74) is 0. The molecule has 0 spiro atoms. The molecule has 3 rings (SSSR count). The Balaban J connectivity index is 1.56. The van der Waals surface area contributed by atoms with E-state index >= 15 is 0 Å². The van der Waals surface area contributed by atoms with Crippen molar-refractivity contribution in [2.75, 3.05) is 13.1 Å². The van der Waals surface area contributed by atoms with E-state index in [9.17, 15) is 5.11 Å². The SMILES string of the molecule is OC1CC(c2nc(CC3CCCNC3)no2)C1. The number of aromatic nitrogens is 2. The van der Waals surface area contributed by atoms with E-state index in [0.717, 1.165) is 38.2 Å². The van der Waals surface area contributed by atoms with Crippen LogP contribution < -0.4 is 5.32 Å². The number of aliphatic hydroxyl groups excluding tert-OH is 1. The highest BCUT2D eigenvalue weighted by atomic mass is 16.5. The molecule has 1 saturated heterocycles. The summed E-state index contributed by atoms with van der Waals surface area (Å²) < 4.78 is 5.27. The minimum atomic E-state index is -0.169. The van der Waals surface area contributed by atoms with Gasteiger partial charge < -0.3 is 14.9 Å². The van der Waals surface area contributed by atoms with Gasteiger partial charge >= 0.3 is 0 Å². The van der Waals surface area contributed by atoms with E-state index in [1.165, 1.54) is 12.8 Å². The third-order valence-corrected chi connectivity index (χ3v) is 3.82. The lowest BCUT2D eigenvalue weighted by atomic mass is 9.82. The Morgan fingerprint density at radius 1 is 1.41 bits per heavy atom. The minimum Gasteiger partial charge on any atom is -0.393 e. The Morgan fingerprint density at radius 2 is 2.29 bits per heavy atom. The van der Waals surface area contributed by atoms with Gasteiger partial charge in [0.15, 0.2) is 5.82 Å². The monoisotopic (exact) mass is 237 g/mol. The van der Waals surface area contributed by atoms with E-state index < -0.39 is 0 Å². The molecule has 2 fully saturated rings. The van der Waals surface area contributed by atoms with Crippen molar-refractivity contribution in [3.63, 3.8) is 0 Å². The lowest BCUT2D eigenvalue weighted by molar-refractivity contribution is 0.0625. The molecule has 2 heterocycles. The molecule has 0 bridgehead atoms. The Kier molecular flexibility index (Phi) is 3.11. The van der Waals surface area contributed by atoms with E-state index in [-0.39, 0.29) is 12.0 Å². The van der Waals surface area contributed by atoms with E-state index in [0.29, 0.717) is 11.8 Å². The minimum absolute atomic E-state index is 0.169. The maximum atomic E-state index is 9.25. The number of hydrogen-bond acceptors (Lipinski definition) is 5. The first kappa shape index (κ1) is 11.2. The number of rotatable bonds is 3. The van der Waals surface area contributed by atoms with Crippen LogP contribution in [0, 0.1) is 5.92 Å². The number of hydrogen-bond donors (Lipinski definition) is 2. The van der Waals surface area contributed by atoms with Crippen LogP contribution in [0.5, 0.6) is 0 Å². The van der Waals surface area contributed by atoms with Crippen LogP contribution in [0.2, 0.25) is 0 Å². The first-order valence-corrected chi connectivity index (χ1v) is 6.52. The Morgan fingerprint density at radius 3 is 3.00 bits per heavy atom. The highest BCUT2D eigenvalue weighted by Crippen LogP contribution is 2.35. The Bertz CT molecular complexity index is 368. The molecule has 0 radical (unpaired) electrons. The predicted molar refractivity (Wildman–Crippen MR) is 61.6 cm³/mol. The molecule has 17 heavy (non-hydrogen) atoms. The number of piperidine rings is 1. The Hall–Kier alpha value is -0.940. The van der Waals surface area contributed by atoms with E-state index in [1.807, 2.05) is 0 Å². The van der Waals surface area contributed by atoms with Crippen molar-refractivity contribution >= 4 is 0 Å². The van der Waals surface area contributed by atoms with Gasteiger partial charge in [-0.15, -0.1) is 0 Å². The van der Waals surface area contributed by atoms with Crippen molar-refractivity contribution in [2.24, 2.45) is 5.92 Å². The fraction of sp³-hybridized carbons (Fsp3) is 0.833. The van der Waals surface area contributed by atoms with Crippen LogP contribution in [0.25, 0.3) is 0 Å². The normalized spacial score (nSPS) is 33.4. The average molecular weight is 237 g/mol. The van der Waals surface area contributed by atoms with Crippen molar-refractivity contribution in [2.45, 2.75) is 44.1 Å². The van der Waals surface area contributed by atoms with Crippen LogP contribution in [0.1, 0.15) is 43.3 Å². The number of nitrogens with one attached hydrogen (secondary N) is 1. The number of aliphatic hydroxyl groups is 1.